The van der Waals surface area contributed by atoms with Crippen molar-refractivity contribution in [3.63, 3.8) is 0 Å². The summed E-state index contributed by atoms with van der Waals surface area (Å²) >= 11 is 0. The van der Waals surface area contributed by atoms with Gasteiger partial charge in [-0.2, -0.15) is 0 Å². The van der Waals surface area contributed by atoms with E-state index in [2.05, 4.69) is 10.2 Å². The minimum absolute atomic E-state index is 0.0889. The van der Waals surface area contributed by atoms with Gasteiger partial charge < -0.3 is 24.3 Å². The summed E-state index contributed by atoms with van der Waals surface area (Å²) in [6, 6.07) is 11.4. The van der Waals surface area contributed by atoms with Crippen molar-refractivity contribution < 1.29 is 23.7 Å². The number of hydrogen-bond donors (Lipinski definition) is 1. The molecule has 1 N–H and O–H groups in total. The number of benzene rings is 2. The Morgan fingerprint density at radius 2 is 1.77 bits per heavy atom. The maximum Gasteiger partial charge on any atom is 0.238 e. The van der Waals surface area contributed by atoms with E-state index in [0.29, 0.717) is 30.4 Å². The predicted molar refractivity (Wildman–Crippen MR) is 121 cm³/mol. The van der Waals surface area contributed by atoms with Crippen molar-refractivity contribution in [2.24, 2.45) is 0 Å². The molecule has 1 aliphatic heterocycles. The highest BCUT2D eigenvalue weighted by molar-refractivity contribution is 5.94. The summed E-state index contributed by atoms with van der Waals surface area (Å²) in [5, 5.41) is 3.00. The van der Waals surface area contributed by atoms with E-state index >= 15 is 0 Å². The zero-order valence-electron chi connectivity index (χ0n) is 18.8. The second-order valence-corrected chi connectivity index (χ2v) is 7.31. The number of nitrogens with one attached hydrogen (secondary N) is 1. The maximum absolute atomic E-state index is 12.9. The van der Waals surface area contributed by atoms with E-state index in [0.717, 1.165) is 36.4 Å². The number of amides is 1. The topological polar surface area (TPSA) is 69.3 Å². The zero-order valence-corrected chi connectivity index (χ0v) is 18.8. The molecule has 31 heavy (non-hydrogen) atoms. The molecule has 0 radical (unpaired) electrons. The third-order valence-corrected chi connectivity index (χ3v) is 5.35. The zero-order chi connectivity index (χ0) is 22.2. The van der Waals surface area contributed by atoms with Crippen LogP contribution in [0.4, 0.5) is 5.69 Å². The highest BCUT2D eigenvalue weighted by atomic mass is 16.5. The van der Waals surface area contributed by atoms with Gasteiger partial charge in [0, 0.05) is 23.7 Å². The van der Waals surface area contributed by atoms with Crippen molar-refractivity contribution in [3.8, 4) is 23.0 Å². The molecule has 1 amide bonds. The summed E-state index contributed by atoms with van der Waals surface area (Å²) in [6.45, 7) is 6.05. The molecule has 0 bridgehead atoms. The monoisotopic (exact) mass is 428 g/mol. The van der Waals surface area contributed by atoms with E-state index in [1.54, 1.807) is 20.3 Å². The summed E-state index contributed by atoms with van der Waals surface area (Å²) in [5.74, 6) is 2.77. The molecule has 2 aromatic carbocycles. The molecule has 1 unspecified atom stereocenters. The van der Waals surface area contributed by atoms with Gasteiger partial charge in [0.05, 0.1) is 39.7 Å². The van der Waals surface area contributed by atoms with Gasteiger partial charge in [-0.05, 0) is 51.4 Å². The summed E-state index contributed by atoms with van der Waals surface area (Å²) in [4.78, 5) is 15.1. The van der Waals surface area contributed by atoms with Crippen LogP contribution in [-0.4, -0.2) is 51.3 Å². The van der Waals surface area contributed by atoms with Crippen molar-refractivity contribution in [1.82, 2.24) is 4.90 Å². The number of methoxy groups -OCH3 is 2. The van der Waals surface area contributed by atoms with Crippen LogP contribution in [0.5, 0.6) is 23.0 Å². The molecule has 1 saturated heterocycles. The first-order chi connectivity index (χ1) is 15.1. The fourth-order valence-electron chi connectivity index (χ4n) is 3.98. The van der Waals surface area contributed by atoms with Gasteiger partial charge in [0.1, 0.15) is 23.0 Å². The molecule has 1 heterocycles. The van der Waals surface area contributed by atoms with Crippen LogP contribution in [-0.2, 0) is 4.79 Å². The molecule has 7 heteroatoms. The average Bonchev–Trinajstić information content (AvgIpc) is 3.23. The Kier molecular flexibility index (Phi) is 8.00. The standard InChI is InChI=1S/C24H32N2O5/c1-5-30-18-10-12-22(31-6-2)20(14-18)25-24(27)16-26-13-7-8-21(26)19-11-9-17(28-3)15-23(19)29-4/h9-12,14-15,21H,5-8,13,16H2,1-4H3,(H,25,27). The van der Waals surface area contributed by atoms with Gasteiger partial charge in [-0.1, -0.05) is 6.07 Å². The molecule has 1 fully saturated rings. The van der Waals surface area contributed by atoms with Crippen LogP contribution in [0.3, 0.4) is 0 Å². The summed E-state index contributed by atoms with van der Waals surface area (Å²) in [7, 11) is 3.29. The highest BCUT2D eigenvalue weighted by Crippen LogP contribution is 2.38. The molecular formula is C24H32N2O5. The lowest BCUT2D eigenvalue weighted by Gasteiger charge is -2.26. The number of nitrogens with zero attached hydrogens (tertiary/aromatic N) is 1. The van der Waals surface area contributed by atoms with Crippen molar-refractivity contribution in [1.29, 1.82) is 0 Å². The van der Waals surface area contributed by atoms with Crippen LogP contribution in [0, 0.1) is 0 Å². The van der Waals surface area contributed by atoms with Gasteiger partial charge >= 0.3 is 0 Å². The Hall–Kier alpha value is -2.93. The van der Waals surface area contributed by atoms with E-state index in [1.807, 2.05) is 44.2 Å². The minimum atomic E-state index is -0.0889. The number of ether oxygens (including phenoxy) is 4. The summed E-state index contributed by atoms with van der Waals surface area (Å²) in [5.41, 5.74) is 1.69. The van der Waals surface area contributed by atoms with Crippen LogP contribution in [0.1, 0.15) is 38.3 Å². The number of rotatable bonds is 10. The second kappa shape index (κ2) is 10.9. The third-order valence-electron chi connectivity index (χ3n) is 5.35. The van der Waals surface area contributed by atoms with Crippen molar-refractivity contribution in [2.75, 3.05) is 45.8 Å². The molecule has 1 atom stereocenters. The van der Waals surface area contributed by atoms with Crippen molar-refractivity contribution in [3.05, 3.63) is 42.0 Å². The average molecular weight is 429 g/mol. The molecule has 0 aromatic heterocycles. The van der Waals surface area contributed by atoms with Crippen LogP contribution < -0.4 is 24.3 Å². The van der Waals surface area contributed by atoms with E-state index in [-0.39, 0.29) is 18.5 Å². The van der Waals surface area contributed by atoms with Gasteiger partial charge in [0.15, 0.2) is 0 Å². The first-order valence-corrected chi connectivity index (χ1v) is 10.7. The van der Waals surface area contributed by atoms with Gasteiger partial charge in [-0.3, -0.25) is 9.69 Å². The largest absolute Gasteiger partial charge is 0.497 e. The number of carbonyl (C=O) groups is 1. The fraction of sp³-hybridized carbons (Fsp3) is 0.458. The predicted octanol–water partition coefficient (Wildman–Crippen LogP) is 4.28. The first kappa shape index (κ1) is 22.7. The van der Waals surface area contributed by atoms with Gasteiger partial charge in [-0.15, -0.1) is 0 Å². The van der Waals surface area contributed by atoms with E-state index < -0.39 is 0 Å². The Morgan fingerprint density at radius 3 is 2.48 bits per heavy atom. The molecule has 0 aliphatic carbocycles. The third kappa shape index (κ3) is 5.61. The van der Waals surface area contributed by atoms with Crippen molar-refractivity contribution in [2.45, 2.75) is 32.7 Å². The van der Waals surface area contributed by atoms with Crippen LogP contribution in [0.25, 0.3) is 0 Å². The SMILES string of the molecule is CCOc1ccc(OCC)c(NC(=O)CN2CCCC2c2ccc(OC)cc2OC)c1. The molecule has 168 valence electrons. The van der Waals surface area contributed by atoms with Crippen LogP contribution >= 0.6 is 0 Å². The maximum atomic E-state index is 12.9. The first-order valence-electron chi connectivity index (χ1n) is 10.7. The van der Waals surface area contributed by atoms with Crippen LogP contribution in [0.15, 0.2) is 36.4 Å². The number of carbonyl (C=O) groups excluding carboxylic acids is 1. The Labute approximate surface area is 184 Å². The lowest BCUT2D eigenvalue weighted by atomic mass is 10.0. The molecule has 1 aliphatic rings. The Morgan fingerprint density at radius 1 is 1.00 bits per heavy atom. The lowest BCUT2D eigenvalue weighted by Crippen LogP contribution is -2.33. The number of hydrogen-bond acceptors (Lipinski definition) is 6. The summed E-state index contributed by atoms with van der Waals surface area (Å²) in [6.07, 6.45) is 2.00. The molecule has 7 nitrogen and oxygen atoms in total. The molecule has 2 aromatic rings. The fourth-order valence-corrected chi connectivity index (χ4v) is 3.98. The van der Waals surface area contributed by atoms with Crippen molar-refractivity contribution >= 4 is 11.6 Å². The van der Waals surface area contributed by atoms with Gasteiger partial charge in [0.25, 0.3) is 0 Å². The summed E-state index contributed by atoms with van der Waals surface area (Å²) < 4.78 is 22.1. The second-order valence-electron chi connectivity index (χ2n) is 7.31. The highest BCUT2D eigenvalue weighted by Gasteiger charge is 2.30. The van der Waals surface area contributed by atoms with E-state index in [4.69, 9.17) is 18.9 Å². The number of likely N-dealkylation sites (tertiary alicyclic amines) is 1. The van der Waals surface area contributed by atoms with Crippen LogP contribution in [0.2, 0.25) is 0 Å². The Bertz CT molecular complexity index is 886. The minimum Gasteiger partial charge on any atom is -0.497 e. The Balaban J connectivity index is 1.74. The van der Waals surface area contributed by atoms with E-state index in [1.165, 1.54) is 0 Å². The van der Waals surface area contributed by atoms with Gasteiger partial charge in [-0.25, -0.2) is 0 Å². The molecular weight excluding hydrogens is 396 g/mol. The van der Waals surface area contributed by atoms with E-state index in [9.17, 15) is 4.79 Å². The number of anilines is 1. The quantitative estimate of drug-likeness (QED) is 0.609. The smallest absolute Gasteiger partial charge is 0.238 e. The molecule has 0 saturated carbocycles. The molecule has 3 rings (SSSR count). The normalized spacial score (nSPS) is 16.1. The molecule has 0 spiro atoms. The lowest BCUT2D eigenvalue weighted by molar-refractivity contribution is -0.117. The van der Waals surface area contributed by atoms with Gasteiger partial charge in [0.2, 0.25) is 5.91 Å².